The second-order valence-electron chi connectivity index (χ2n) is 3.47. The summed E-state index contributed by atoms with van der Waals surface area (Å²) < 4.78 is 10.8. The normalized spacial score (nSPS) is 11.1. The van der Waals surface area contributed by atoms with E-state index in [4.69, 9.17) is 26.9 Å². The smallest absolute Gasteiger partial charge is 0.163 e. The van der Waals surface area contributed by atoms with Gasteiger partial charge in [-0.05, 0) is 19.9 Å². The van der Waals surface area contributed by atoms with Crippen molar-refractivity contribution in [2.45, 2.75) is 20.0 Å². The highest BCUT2D eigenvalue weighted by Crippen LogP contribution is 2.33. The fourth-order valence-electron chi connectivity index (χ4n) is 1.24. The number of halogens is 1. The molecule has 88 valence electrons. The average Bonchev–Trinajstić information content (AvgIpc) is 2.21. The Hall–Kier alpha value is -1.42. The maximum Gasteiger partial charge on any atom is 0.163 e. The number of hydrazone groups is 1. The van der Waals surface area contributed by atoms with Gasteiger partial charge < -0.3 is 15.3 Å². The SMILES string of the molecule is COc1cc(C=NN)c(Cl)cc1OC(C)C. The van der Waals surface area contributed by atoms with Gasteiger partial charge in [0.25, 0.3) is 0 Å². The van der Waals surface area contributed by atoms with Gasteiger partial charge in [-0.1, -0.05) is 11.6 Å². The molecule has 2 N–H and O–H groups in total. The van der Waals surface area contributed by atoms with Crippen LogP contribution in [0.2, 0.25) is 5.02 Å². The van der Waals surface area contributed by atoms with E-state index >= 15 is 0 Å². The van der Waals surface area contributed by atoms with Crippen molar-refractivity contribution < 1.29 is 9.47 Å². The first-order valence-corrected chi connectivity index (χ1v) is 5.23. The van der Waals surface area contributed by atoms with Crippen molar-refractivity contribution in [3.05, 3.63) is 22.7 Å². The van der Waals surface area contributed by atoms with Gasteiger partial charge in [-0.25, -0.2) is 0 Å². The first-order chi connectivity index (χ1) is 7.58. The molecule has 0 bridgehead atoms. The van der Waals surface area contributed by atoms with Crippen molar-refractivity contribution in [1.29, 1.82) is 0 Å². The van der Waals surface area contributed by atoms with Crippen LogP contribution in [0.25, 0.3) is 0 Å². The van der Waals surface area contributed by atoms with Gasteiger partial charge >= 0.3 is 0 Å². The molecule has 0 radical (unpaired) electrons. The Morgan fingerprint density at radius 2 is 2.06 bits per heavy atom. The van der Waals surface area contributed by atoms with Gasteiger partial charge in [0.15, 0.2) is 11.5 Å². The van der Waals surface area contributed by atoms with Crippen LogP contribution < -0.4 is 15.3 Å². The molecule has 1 aromatic rings. The lowest BCUT2D eigenvalue weighted by Gasteiger charge is -2.14. The van der Waals surface area contributed by atoms with Crippen LogP contribution in [0, 0.1) is 0 Å². The second kappa shape index (κ2) is 5.61. The molecule has 0 fully saturated rings. The third-order valence-electron chi connectivity index (χ3n) is 1.86. The predicted molar refractivity (Wildman–Crippen MR) is 65.5 cm³/mol. The summed E-state index contributed by atoms with van der Waals surface area (Å²) in [7, 11) is 1.57. The highest BCUT2D eigenvalue weighted by atomic mass is 35.5. The van der Waals surface area contributed by atoms with Gasteiger partial charge in [0.1, 0.15) is 0 Å². The van der Waals surface area contributed by atoms with E-state index in [9.17, 15) is 0 Å². The zero-order valence-corrected chi connectivity index (χ0v) is 10.3. The molecule has 0 unspecified atom stereocenters. The predicted octanol–water partition coefficient (Wildman–Crippen LogP) is 2.43. The quantitative estimate of drug-likeness (QED) is 0.501. The minimum absolute atomic E-state index is 0.0546. The highest BCUT2D eigenvalue weighted by Gasteiger charge is 2.10. The molecule has 0 spiro atoms. The first-order valence-electron chi connectivity index (χ1n) is 4.86. The zero-order chi connectivity index (χ0) is 12.1. The Morgan fingerprint density at radius 1 is 1.38 bits per heavy atom. The van der Waals surface area contributed by atoms with Crippen LogP contribution in [0.1, 0.15) is 19.4 Å². The third kappa shape index (κ3) is 3.03. The number of benzene rings is 1. The maximum atomic E-state index is 6.04. The number of rotatable bonds is 4. The number of nitrogens with zero attached hydrogens (tertiary/aromatic N) is 1. The maximum absolute atomic E-state index is 6.04. The summed E-state index contributed by atoms with van der Waals surface area (Å²) >= 11 is 6.04. The van der Waals surface area contributed by atoms with E-state index in [0.717, 1.165) is 0 Å². The molecule has 0 saturated carbocycles. The average molecular weight is 243 g/mol. The van der Waals surface area contributed by atoms with Crippen molar-refractivity contribution in [3.8, 4) is 11.5 Å². The molecule has 0 heterocycles. The third-order valence-corrected chi connectivity index (χ3v) is 2.19. The zero-order valence-electron chi connectivity index (χ0n) is 9.53. The Kier molecular flexibility index (Phi) is 4.43. The standard InChI is InChI=1S/C11H15ClN2O2/c1-7(2)16-11-5-9(12)8(6-14-13)4-10(11)15-3/h4-7H,13H2,1-3H3. The van der Waals surface area contributed by atoms with E-state index in [1.165, 1.54) is 6.21 Å². The lowest BCUT2D eigenvalue weighted by molar-refractivity contribution is 0.230. The van der Waals surface area contributed by atoms with Crippen molar-refractivity contribution >= 4 is 17.8 Å². The fraction of sp³-hybridized carbons (Fsp3) is 0.364. The summed E-state index contributed by atoms with van der Waals surface area (Å²) in [5.74, 6) is 6.29. The van der Waals surface area contributed by atoms with Crippen LogP contribution in [0.4, 0.5) is 0 Å². The summed E-state index contributed by atoms with van der Waals surface area (Å²) in [6, 6.07) is 3.42. The molecule has 4 nitrogen and oxygen atoms in total. The number of methoxy groups -OCH3 is 1. The Bertz CT molecular complexity index is 392. The van der Waals surface area contributed by atoms with Gasteiger partial charge in [0.2, 0.25) is 0 Å². The van der Waals surface area contributed by atoms with Crippen molar-refractivity contribution in [2.75, 3.05) is 7.11 Å². The van der Waals surface area contributed by atoms with E-state index < -0.39 is 0 Å². The summed E-state index contributed by atoms with van der Waals surface area (Å²) in [5, 5.41) is 3.95. The number of hydrogen-bond acceptors (Lipinski definition) is 4. The van der Waals surface area contributed by atoms with Crippen molar-refractivity contribution in [1.82, 2.24) is 0 Å². The van der Waals surface area contributed by atoms with Gasteiger partial charge in [-0.3, -0.25) is 0 Å². The first kappa shape index (κ1) is 12.6. The molecule has 0 atom stereocenters. The highest BCUT2D eigenvalue weighted by molar-refractivity contribution is 6.33. The van der Waals surface area contributed by atoms with E-state index in [1.54, 1.807) is 19.2 Å². The number of hydrogen-bond donors (Lipinski definition) is 1. The van der Waals surface area contributed by atoms with Crippen LogP contribution in [-0.4, -0.2) is 19.4 Å². The van der Waals surface area contributed by atoms with Crippen LogP contribution in [0.5, 0.6) is 11.5 Å². The second-order valence-corrected chi connectivity index (χ2v) is 3.88. The van der Waals surface area contributed by atoms with Crippen molar-refractivity contribution in [3.63, 3.8) is 0 Å². The molecule has 16 heavy (non-hydrogen) atoms. The molecule has 0 amide bonds. The van der Waals surface area contributed by atoms with E-state index in [1.807, 2.05) is 13.8 Å². The summed E-state index contributed by atoms with van der Waals surface area (Å²) in [6.45, 7) is 3.87. The van der Waals surface area contributed by atoms with E-state index in [2.05, 4.69) is 5.10 Å². The van der Waals surface area contributed by atoms with Crippen LogP contribution >= 0.6 is 11.6 Å². The minimum atomic E-state index is 0.0546. The molecular formula is C11H15ClN2O2. The molecule has 5 heteroatoms. The minimum Gasteiger partial charge on any atom is -0.493 e. The monoisotopic (exact) mass is 242 g/mol. The largest absolute Gasteiger partial charge is 0.493 e. The van der Waals surface area contributed by atoms with Gasteiger partial charge in [0, 0.05) is 11.6 Å². The van der Waals surface area contributed by atoms with E-state index in [0.29, 0.717) is 22.1 Å². The number of nitrogens with two attached hydrogens (primary N) is 1. The van der Waals surface area contributed by atoms with Crippen LogP contribution in [0.15, 0.2) is 17.2 Å². The van der Waals surface area contributed by atoms with Crippen LogP contribution in [-0.2, 0) is 0 Å². The lowest BCUT2D eigenvalue weighted by Crippen LogP contribution is -2.07. The van der Waals surface area contributed by atoms with Gasteiger partial charge in [0.05, 0.1) is 24.5 Å². The molecular weight excluding hydrogens is 228 g/mol. The molecule has 0 saturated heterocycles. The Balaban J connectivity index is 3.15. The summed E-state index contributed by atoms with van der Waals surface area (Å²) in [6.07, 6.45) is 1.52. The van der Waals surface area contributed by atoms with Gasteiger partial charge in [-0.15, -0.1) is 0 Å². The van der Waals surface area contributed by atoms with Crippen molar-refractivity contribution in [2.24, 2.45) is 10.9 Å². The topological polar surface area (TPSA) is 56.8 Å². The molecule has 0 aromatic heterocycles. The molecule has 1 rings (SSSR count). The molecule has 0 aliphatic heterocycles. The molecule has 1 aromatic carbocycles. The summed E-state index contributed by atoms with van der Waals surface area (Å²) in [5.41, 5.74) is 0.692. The number of ether oxygens (including phenoxy) is 2. The fourth-order valence-corrected chi connectivity index (χ4v) is 1.44. The van der Waals surface area contributed by atoms with Gasteiger partial charge in [-0.2, -0.15) is 5.10 Å². The lowest BCUT2D eigenvalue weighted by atomic mass is 10.2. The van der Waals surface area contributed by atoms with Crippen LogP contribution in [0.3, 0.4) is 0 Å². The van der Waals surface area contributed by atoms with E-state index in [-0.39, 0.29) is 6.10 Å². The molecule has 0 aliphatic rings. The Labute approximate surface area is 100.0 Å². The summed E-state index contributed by atoms with van der Waals surface area (Å²) in [4.78, 5) is 0. The Morgan fingerprint density at radius 3 is 2.56 bits per heavy atom. The molecule has 0 aliphatic carbocycles.